The molecule has 0 aliphatic carbocycles. The highest BCUT2D eigenvalue weighted by atomic mass is 32.1. The monoisotopic (exact) mass is 387 g/mol. The molecule has 0 bridgehead atoms. The Labute approximate surface area is 165 Å². The van der Waals surface area contributed by atoms with E-state index in [0.717, 1.165) is 22.5 Å². The molecule has 0 atom stereocenters. The van der Waals surface area contributed by atoms with Gasteiger partial charge in [0.2, 0.25) is 5.91 Å². The van der Waals surface area contributed by atoms with E-state index in [-0.39, 0.29) is 5.91 Å². The lowest BCUT2D eigenvalue weighted by atomic mass is 10.1. The minimum atomic E-state index is -0.518. The van der Waals surface area contributed by atoms with E-state index in [1.165, 1.54) is 4.70 Å². The summed E-state index contributed by atoms with van der Waals surface area (Å²) < 4.78 is 1.18. The SMILES string of the molecule is NC(=O)c1ccc(C(=O)Nc2ccc(Cc3nc4ccccc4s3)cc2)cc1. The number of carbonyl (C=O) groups excluding carboxylic acids is 2. The Bertz CT molecular complexity index is 1120. The maximum atomic E-state index is 12.3. The van der Waals surface area contributed by atoms with Crippen LogP contribution < -0.4 is 11.1 Å². The Morgan fingerprint density at radius 1 is 0.893 bits per heavy atom. The quantitative estimate of drug-likeness (QED) is 0.537. The molecule has 5 nitrogen and oxygen atoms in total. The largest absolute Gasteiger partial charge is 0.366 e. The molecular weight excluding hydrogens is 370 g/mol. The van der Waals surface area contributed by atoms with E-state index < -0.39 is 5.91 Å². The fourth-order valence-electron chi connectivity index (χ4n) is 2.87. The predicted octanol–water partition coefficient (Wildman–Crippen LogP) is 4.24. The van der Waals surface area contributed by atoms with Crippen LogP contribution in [0, 0.1) is 0 Å². The van der Waals surface area contributed by atoms with Gasteiger partial charge >= 0.3 is 0 Å². The number of carbonyl (C=O) groups is 2. The standard InChI is InChI=1S/C22H17N3O2S/c23-21(26)15-7-9-16(10-8-15)22(27)24-17-11-5-14(6-12-17)13-20-25-18-3-1-2-4-19(18)28-20/h1-12H,13H2,(H2,23,26)(H,24,27). The smallest absolute Gasteiger partial charge is 0.255 e. The number of aromatic nitrogens is 1. The molecule has 138 valence electrons. The molecule has 0 saturated heterocycles. The van der Waals surface area contributed by atoms with Crippen LogP contribution in [0.5, 0.6) is 0 Å². The molecule has 4 rings (SSSR count). The molecule has 0 aliphatic rings. The number of para-hydroxylation sites is 1. The van der Waals surface area contributed by atoms with Crippen molar-refractivity contribution < 1.29 is 9.59 Å². The van der Waals surface area contributed by atoms with Gasteiger partial charge in [0.25, 0.3) is 5.91 Å². The van der Waals surface area contributed by atoms with Gasteiger partial charge in [-0.25, -0.2) is 4.98 Å². The number of amides is 2. The summed E-state index contributed by atoms with van der Waals surface area (Å²) in [5.41, 5.74) is 8.90. The van der Waals surface area contributed by atoms with E-state index in [0.29, 0.717) is 16.8 Å². The van der Waals surface area contributed by atoms with Crippen LogP contribution in [0.25, 0.3) is 10.2 Å². The van der Waals surface area contributed by atoms with E-state index in [2.05, 4.69) is 16.4 Å². The van der Waals surface area contributed by atoms with Crippen LogP contribution in [0.4, 0.5) is 5.69 Å². The summed E-state index contributed by atoms with van der Waals surface area (Å²) in [5, 5.41) is 3.91. The normalized spacial score (nSPS) is 10.7. The van der Waals surface area contributed by atoms with Crippen LogP contribution in [-0.4, -0.2) is 16.8 Å². The second-order valence-electron chi connectivity index (χ2n) is 6.34. The molecule has 2 amide bonds. The fraction of sp³-hybridized carbons (Fsp3) is 0.0455. The minimum absolute atomic E-state index is 0.241. The third-order valence-electron chi connectivity index (χ3n) is 4.34. The van der Waals surface area contributed by atoms with Gasteiger partial charge in [-0.1, -0.05) is 24.3 Å². The summed E-state index contributed by atoms with van der Waals surface area (Å²) in [6, 6.07) is 22.1. The van der Waals surface area contributed by atoms with Crippen LogP contribution in [-0.2, 0) is 6.42 Å². The van der Waals surface area contributed by atoms with Crippen molar-refractivity contribution in [2.75, 3.05) is 5.32 Å². The van der Waals surface area contributed by atoms with E-state index in [1.807, 2.05) is 42.5 Å². The molecule has 28 heavy (non-hydrogen) atoms. The van der Waals surface area contributed by atoms with Gasteiger partial charge in [0.05, 0.1) is 15.2 Å². The topological polar surface area (TPSA) is 85.1 Å². The number of nitrogens with two attached hydrogens (primary N) is 1. The fourth-order valence-corrected chi connectivity index (χ4v) is 3.87. The van der Waals surface area contributed by atoms with Crippen LogP contribution >= 0.6 is 11.3 Å². The van der Waals surface area contributed by atoms with Gasteiger partial charge < -0.3 is 11.1 Å². The van der Waals surface area contributed by atoms with Crippen molar-refractivity contribution in [3.8, 4) is 0 Å². The highest BCUT2D eigenvalue weighted by Crippen LogP contribution is 2.24. The van der Waals surface area contributed by atoms with Crippen LogP contribution in [0.2, 0.25) is 0 Å². The number of fused-ring (bicyclic) bond motifs is 1. The minimum Gasteiger partial charge on any atom is -0.366 e. The van der Waals surface area contributed by atoms with Crippen molar-refractivity contribution in [3.63, 3.8) is 0 Å². The Balaban J connectivity index is 1.42. The summed E-state index contributed by atoms with van der Waals surface area (Å²) in [7, 11) is 0. The summed E-state index contributed by atoms with van der Waals surface area (Å²) in [6.07, 6.45) is 0.752. The lowest BCUT2D eigenvalue weighted by molar-refractivity contribution is 0.0995. The first kappa shape index (κ1) is 17.9. The van der Waals surface area contributed by atoms with Gasteiger partial charge in [-0.05, 0) is 54.1 Å². The lowest BCUT2D eigenvalue weighted by Gasteiger charge is -2.07. The number of hydrogen-bond donors (Lipinski definition) is 2. The molecule has 0 radical (unpaired) electrons. The maximum absolute atomic E-state index is 12.3. The molecule has 3 N–H and O–H groups in total. The van der Waals surface area contributed by atoms with Crippen molar-refractivity contribution in [2.45, 2.75) is 6.42 Å². The zero-order valence-electron chi connectivity index (χ0n) is 14.9. The second kappa shape index (κ2) is 7.62. The molecule has 0 saturated carbocycles. The predicted molar refractivity (Wildman–Crippen MR) is 112 cm³/mol. The van der Waals surface area contributed by atoms with Crippen molar-refractivity contribution in [1.82, 2.24) is 4.98 Å². The summed E-state index contributed by atoms with van der Waals surface area (Å²) in [6.45, 7) is 0. The number of nitrogens with one attached hydrogen (secondary N) is 1. The molecule has 0 aliphatic heterocycles. The molecule has 1 aromatic heterocycles. The van der Waals surface area contributed by atoms with Crippen LogP contribution in [0.15, 0.2) is 72.8 Å². The number of primary amides is 1. The highest BCUT2D eigenvalue weighted by molar-refractivity contribution is 7.18. The first-order chi connectivity index (χ1) is 13.6. The Morgan fingerprint density at radius 3 is 2.25 bits per heavy atom. The average molecular weight is 387 g/mol. The van der Waals surface area contributed by atoms with E-state index in [9.17, 15) is 9.59 Å². The lowest BCUT2D eigenvalue weighted by Crippen LogP contribution is -2.14. The molecule has 1 heterocycles. The van der Waals surface area contributed by atoms with Crippen LogP contribution in [0.1, 0.15) is 31.3 Å². The zero-order chi connectivity index (χ0) is 19.5. The highest BCUT2D eigenvalue weighted by Gasteiger charge is 2.08. The number of nitrogens with zero attached hydrogens (tertiary/aromatic N) is 1. The van der Waals surface area contributed by atoms with E-state index in [1.54, 1.807) is 35.6 Å². The van der Waals surface area contributed by atoms with Gasteiger partial charge in [0, 0.05) is 23.2 Å². The number of rotatable bonds is 5. The third kappa shape index (κ3) is 3.92. The zero-order valence-corrected chi connectivity index (χ0v) is 15.7. The van der Waals surface area contributed by atoms with Gasteiger partial charge in [0.1, 0.15) is 0 Å². The van der Waals surface area contributed by atoms with Crippen molar-refractivity contribution in [1.29, 1.82) is 0 Å². The number of anilines is 1. The van der Waals surface area contributed by atoms with Gasteiger partial charge in [-0.2, -0.15) is 0 Å². The second-order valence-corrected chi connectivity index (χ2v) is 7.46. The Hall–Kier alpha value is -3.51. The first-order valence-corrected chi connectivity index (χ1v) is 9.55. The molecular formula is C22H17N3O2S. The molecule has 4 aromatic rings. The summed E-state index contributed by atoms with van der Waals surface area (Å²) >= 11 is 1.69. The molecule has 6 heteroatoms. The van der Waals surface area contributed by atoms with Crippen molar-refractivity contribution >= 4 is 39.1 Å². The van der Waals surface area contributed by atoms with Gasteiger partial charge in [-0.15, -0.1) is 11.3 Å². The molecule has 0 unspecified atom stereocenters. The van der Waals surface area contributed by atoms with Crippen LogP contribution in [0.3, 0.4) is 0 Å². The number of thiazole rings is 1. The first-order valence-electron chi connectivity index (χ1n) is 8.73. The number of hydrogen-bond acceptors (Lipinski definition) is 4. The Morgan fingerprint density at radius 2 is 1.57 bits per heavy atom. The Kier molecular flexibility index (Phi) is 4.87. The summed E-state index contributed by atoms with van der Waals surface area (Å²) in [4.78, 5) is 28.1. The number of benzene rings is 3. The molecule has 0 fully saturated rings. The molecule has 3 aromatic carbocycles. The average Bonchev–Trinajstić information content (AvgIpc) is 3.12. The maximum Gasteiger partial charge on any atom is 0.255 e. The van der Waals surface area contributed by atoms with E-state index in [4.69, 9.17) is 5.73 Å². The molecule has 0 spiro atoms. The van der Waals surface area contributed by atoms with Crippen molar-refractivity contribution in [3.05, 3.63) is 94.5 Å². The van der Waals surface area contributed by atoms with Gasteiger partial charge in [0.15, 0.2) is 0 Å². The van der Waals surface area contributed by atoms with Gasteiger partial charge in [-0.3, -0.25) is 9.59 Å². The summed E-state index contributed by atoms with van der Waals surface area (Å²) in [5.74, 6) is -0.759. The third-order valence-corrected chi connectivity index (χ3v) is 5.37. The van der Waals surface area contributed by atoms with Crippen molar-refractivity contribution in [2.24, 2.45) is 5.73 Å². The van der Waals surface area contributed by atoms with E-state index >= 15 is 0 Å².